The molecule has 0 spiro atoms. The summed E-state index contributed by atoms with van der Waals surface area (Å²) in [6.45, 7) is 6.33. The van der Waals surface area contributed by atoms with Crippen molar-refractivity contribution in [1.29, 1.82) is 0 Å². The molecule has 0 atom stereocenters. The van der Waals surface area contributed by atoms with Crippen LogP contribution in [0.1, 0.15) is 38.1 Å². The zero-order valence-electron chi connectivity index (χ0n) is 11.3. The van der Waals surface area contributed by atoms with Crippen molar-refractivity contribution in [3.8, 4) is 11.4 Å². The summed E-state index contributed by atoms with van der Waals surface area (Å²) in [7, 11) is 0. The lowest BCUT2D eigenvalue weighted by Crippen LogP contribution is -1.91. The molecule has 0 unspecified atom stereocenters. The van der Waals surface area contributed by atoms with Crippen LogP contribution in [0.15, 0.2) is 28.8 Å². The Morgan fingerprint density at radius 3 is 2.78 bits per heavy atom. The zero-order chi connectivity index (χ0) is 13.0. The van der Waals surface area contributed by atoms with Crippen LogP contribution in [0.25, 0.3) is 11.4 Å². The summed E-state index contributed by atoms with van der Waals surface area (Å²) in [5.41, 5.74) is 2.38. The molecule has 0 fully saturated rings. The third-order valence-electron chi connectivity index (χ3n) is 2.96. The Labute approximate surface area is 108 Å². The van der Waals surface area contributed by atoms with E-state index in [1.54, 1.807) is 0 Å². The highest BCUT2D eigenvalue weighted by Crippen LogP contribution is 2.18. The SMILES string of the molecule is Cc1nc(-c2cccc(CCCC(C)C)c2)no1. The molecular weight excluding hydrogens is 224 g/mol. The van der Waals surface area contributed by atoms with Crippen molar-refractivity contribution >= 4 is 0 Å². The molecular formula is C15H20N2O. The first-order valence-electron chi connectivity index (χ1n) is 6.55. The van der Waals surface area contributed by atoms with Gasteiger partial charge < -0.3 is 4.52 Å². The molecule has 0 aliphatic rings. The van der Waals surface area contributed by atoms with Gasteiger partial charge in [0.15, 0.2) is 0 Å². The number of nitrogens with zero attached hydrogens (tertiary/aromatic N) is 2. The van der Waals surface area contributed by atoms with Gasteiger partial charge in [0.25, 0.3) is 0 Å². The number of hydrogen-bond acceptors (Lipinski definition) is 3. The number of benzene rings is 1. The van der Waals surface area contributed by atoms with Crippen molar-refractivity contribution in [2.45, 2.75) is 40.0 Å². The highest BCUT2D eigenvalue weighted by molar-refractivity contribution is 5.55. The van der Waals surface area contributed by atoms with Crippen molar-refractivity contribution in [3.63, 3.8) is 0 Å². The molecule has 0 amide bonds. The Bertz CT molecular complexity index is 503. The molecule has 0 saturated heterocycles. The Balaban J connectivity index is 2.05. The number of aryl methyl sites for hydroxylation is 2. The van der Waals surface area contributed by atoms with Crippen LogP contribution >= 0.6 is 0 Å². The molecule has 2 rings (SSSR count). The number of rotatable bonds is 5. The molecule has 0 bridgehead atoms. The summed E-state index contributed by atoms with van der Waals surface area (Å²) < 4.78 is 5.01. The van der Waals surface area contributed by atoms with Gasteiger partial charge in [-0.1, -0.05) is 43.6 Å². The molecule has 1 aromatic heterocycles. The van der Waals surface area contributed by atoms with Gasteiger partial charge in [-0.2, -0.15) is 4.98 Å². The van der Waals surface area contributed by atoms with Crippen LogP contribution in [-0.4, -0.2) is 10.1 Å². The number of aromatic nitrogens is 2. The molecule has 1 heterocycles. The molecule has 96 valence electrons. The van der Waals surface area contributed by atoms with E-state index in [-0.39, 0.29) is 0 Å². The topological polar surface area (TPSA) is 38.9 Å². The fourth-order valence-corrected chi connectivity index (χ4v) is 2.00. The minimum Gasteiger partial charge on any atom is -0.339 e. The molecule has 3 nitrogen and oxygen atoms in total. The lowest BCUT2D eigenvalue weighted by molar-refractivity contribution is 0.394. The van der Waals surface area contributed by atoms with Crippen LogP contribution in [0.3, 0.4) is 0 Å². The fraction of sp³-hybridized carbons (Fsp3) is 0.467. The lowest BCUT2D eigenvalue weighted by Gasteiger charge is -2.05. The van der Waals surface area contributed by atoms with Crippen LogP contribution < -0.4 is 0 Å². The second kappa shape index (κ2) is 5.80. The van der Waals surface area contributed by atoms with Crippen molar-refractivity contribution in [2.75, 3.05) is 0 Å². The van der Waals surface area contributed by atoms with Gasteiger partial charge in [0.1, 0.15) is 0 Å². The van der Waals surface area contributed by atoms with E-state index in [0.717, 1.165) is 17.9 Å². The third kappa shape index (κ3) is 3.42. The Morgan fingerprint density at radius 2 is 2.11 bits per heavy atom. The quantitative estimate of drug-likeness (QED) is 0.797. The van der Waals surface area contributed by atoms with E-state index in [0.29, 0.717) is 11.7 Å². The predicted octanol–water partition coefficient (Wildman–Crippen LogP) is 4.02. The van der Waals surface area contributed by atoms with E-state index in [2.05, 4.69) is 42.2 Å². The molecule has 0 saturated carbocycles. The van der Waals surface area contributed by atoms with Crippen LogP contribution in [0, 0.1) is 12.8 Å². The molecule has 3 heteroatoms. The molecule has 0 radical (unpaired) electrons. The van der Waals surface area contributed by atoms with Gasteiger partial charge in [-0.15, -0.1) is 0 Å². The van der Waals surface area contributed by atoms with Gasteiger partial charge in [-0.3, -0.25) is 0 Å². The predicted molar refractivity (Wildman–Crippen MR) is 72.2 cm³/mol. The summed E-state index contributed by atoms with van der Waals surface area (Å²) in [4.78, 5) is 4.25. The maximum Gasteiger partial charge on any atom is 0.223 e. The third-order valence-corrected chi connectivity index (χ3v) is 2.96. The van der Waals surface area contributed by atoms with Gasteiger partial charge in [-0.05, 0) is 30.4 Å². The first kappa shape index (κ1) is 12.8. The minimum atomic E-state index is 0.607. The van der Waals surface area contributed by atoms with E-state index >= 15 is 0 Å². The van der Waals surface area contributed by atoms with Crippen molar-refractivity contribution in [1.82, 2.24) is 10.1 Å². The van der Waals surface area contributed by atoms with Gasteiger partial charge in [0.05, 0.1) is 0 Å². The maximum atomic E-state index is 5.01. The second-order valence-corrected chi connectivity index (χ2v) is 5.12. The first-order valence-corrected chi connectivity index (χ1v) is 6.55. The summed E-state index contributed by atoms with van der Waals surface area (Å²) in [5.74, 6) is 2.06. The Kier molecular flexibility index (Phi) is 4.13. The largest absolute Gasteiger partial charge is 0.339 e. The molecule has 0 aliphatic carbocycles. The standard InChI is InChI=1S/C15H20N2O/c1-11(2)6-4-7-13-8-5-9-14(10-13)15-16-12(3)18-17-15/h5,8-11H,4,6-7H2,1-3H3. The molecule has 1 aromatic carbocycles. The lowest BCUT2D eigenvalue weighted by atomic mass is 10.0. The van der Waals surface area contributed by atoms with Gasteiger partial charge in [0.2, 0.25) is 11.7 Å². The van der Waals surface area contributed by atoms with Crippen molar-refractivity contribution in [2.24, 2.45) is 5.92 Å². The molecule has 0 N–H and O–H groups in total. The van der Waals surface area contributed by atoms with Crippen molar-refractivity contribution in [3.05, 3.63) is 35.7 Å². The van der Waals surface area contributed by atoms with Crippen LogP contribution in [0.5, 0.6) is 0 Å². The van der Waals surface area contributed by atoms with Gasteiger partial charge in [-0.25, -0.2) is 0 Å². The normalized spacial score (nSPS) is 11.1. The summed E-state index contributed by atoms with van der Waals surface area (Å²) in [6, 6.07) is 8.41. The summed E-state index contributed by atoms with van der Waals surface area (Å²) >= 11 is 0. The average Bonchev–Trinajstić information content (AvgIpc) is 2.76. The maximum absolute atomic E-state index is 5.01. The number of hydrogen-bond donors (Lipinski definition) is 0. The van der Waals surface area contributed by atoms with E-state index in [9.17, 15) is 0 Å². The summed E-state index contributed by atoms with van der Waals surface area (Å²) in [5, 5.41) is 3.95. The van der Waals surface area contributed by atoms with E-state index in [1.807, 2.05) is 13.0 Å². The smallest absolute Gasteiger partial charge is 0.223 e. The fourth-order valence-electron chi connectivity index (χ4n) is 2.00. The summed E-state index contributed by atoms with van der Waals surface area (Å²) in [6.07, 6.45) is 3.61. The zero-order valence-corrected chi connectivity index (χ0v) is 11.3. The first-order chi connectivity index (χ1) is 8.65. The Hall–Kier alpha value is -1.64. The molecule has 2 aromatic rings. The van der Waals surface area contributed by atoms with Crippen LogP contribution in [0.4, 0.5) is 0 Å². The van der Waals surface area contributed by atoms with E-state index in [1.165, 1.54) is 18.4 Å². The highest BCUT2D eigenvalue weighted by Gasteiger charge is 2.06. The van der Waals surface area contributed by atoms with E-state index < -0.39 is 0 Å². The molecule has 18 heavy (non-hydrogen) atoms. The van der Waals surface area contributed by atoms with Crippen LogP contribution in [-0.2, 0) is 6.42 Å². The van der Waals surface area contributed by atoms with Crippen LogP contribution in [0.2, 0.25) is 0 Å². The second-order valence-electron chi connectivity index (χ2n) is 5.12. The average molecular weight is 244 g/mol. The van der Waals surface area contributed by atoms with Gasteiger partial charge >= 0.3 is 0 Å². The molecule has 0 aliphatic heterocycles. The van der Waals surface area contributed by atoms with E-state index in [4.69, 9.17) is 4.52 Å². The van der Waals surface area contributed by atoms with Crippen molar-refractivity contribution < 1.29 is 4.52 Å². The van der Waals surface area contributed by atoms with Gasteiger partial charge in [0, 0.05) is 12.5 Å². The minimum absolute atomic E-state index is 0.607. The Morgan fingerprint density at radius 1 is 1.28 bits per heavy atom. The highest BCUT2D eigenvalue weighted by atomic mass is 16.5. The monoisotopic (exact) mass is 244 g/mol.